The third-order valence-electron chi connectivity index (χ3n) is 3.77. The van der Waals surface area contributed by atoms with Crippen molar-refractivity contribution < 1.29 is 9.90 Å². The number of aromatic nitrogens is 1. The van der Waals surface area contributed by atoms with Crippen LogP contribution in [0, 0.1) is 0 Å². The number of hydrogen-bond donors (Lipinski definition) is 3. The number of benzene rings is 2. The average Bonchev–Trinajstić information content (AvgIpc) is 2.99. The van der Waals surface area contributed by atoms with Crippen LogP contribution in [0.3, 0.4) is 0 Å². The van der Waals surface area contributed by atoms with Gasteiger partial charge in [0.05, 0.1) is 6.21 Å². The summed E-state index contributed by atoms with van der Waals surface area (Å²) >= 11 is 0. The maximum absolute atomic E-state index is 12.2. The molecule has 2 aromatic carbocycles. The summed E-state index contributed by atoms with van der Waals surface area (Å²) in [6.45, 7) is 1.44. The van der Waals surface area contributed by atoms with E-state index < -0.39 is 11.5 Å². The summed E-state index contributed by atoms with van der Waals surface area (Å²) in [5.41, 5.74) is 3.12. The minimum absolute atomic E-state index is 0.514. The second-order valence-corrected chi connectivity index (χ2v) is 5.43. The number of aliphatic hydroxyl groups is 1. The standard InChI is InChI=1S/C18H17N3O2/c1-18(23,14-7-3-2-4-8-14)17(22)21-20-12-13-11-19-16-10-6-5-9-15(13)16/h2-12,19,23H,1H3,(H,21,22)/b20-12+. The topological polar surface area (TPSA) is 77.5 Å². The van der Waals surface area contributed by atoms with E-state index in [4.69, 9.17) is 0 Å². The van der Waals surface area contributed by atoms with Crippen molar-refractivity contribution >= 4 is 23.0 Å². The molecule has 1 heterocycles. The van der Waals surface area contributed by atoms with Crippen molar-refractivity contribution in [2.24, 2.45) is 5.10 Å². The molecule has 0 radical (unpaired) electrons. The molecule has 0 aliphatic rings. The Morgan fingerprint density at radius 2 is 1.87 bits per heavy atom. The Bertz CT molecular complexity index is 851. The number of hydrogen-bond acceptors (Lipinski definition) is 3. The van der Waals surface area contributed by atoms with E-state index in [1.165, 1.54) is 6.92 Å². The fourth-order valence-electron chi connectivity index (χ4n) is 2.36. The van der Waals surface area contributed by atoms with Crippen LogP contribution in [0.15, 0.2) is 65.9 Å². The second-order valence-electron chi connectivity index (χ2n) is 5.43. The van der Waals surface area contributed by atoms with Gasteiger partial charge in [0.1, 0.15) is 0 Å². The summed E-state index contributed by atoms with van der Waals surface area (Å²) < 4.78 is 0. The van der Waals surface area contributed by atoms with Crippen molar-refractivity contribution in [3.63, 3.8) is 0 Å². The zero-order valence-electron chi connectivity index (χ0n) is 12.7. The number of para-hydroxylation sites is 1. The molecule has 1 atom stereocenters. The number of nitrogens with one attached hydrogen (secondary N) is 2. The van der Waals surface area contributed by atoms with Crippen LogP contribution in [0.2, 0.25) is 0 Å². The van der Waals surface area contributed by atoms with E-state index in [-0.39, 0.29) is 0 Å². The number of aromatic amines is 1. The quantitative estimate of drug-likeness (QED) is 0.511. The first-order valence-corrected chi connectivity index (χ1v) is 7.26. The third kappa shape index (κ3) is 3.00. The molecule has 0 aliphatic heterocycles. The highest BCUT2D eigenvalue weighted by Gasteiger charge is 2.32. The van der Waals surface area contributed by atoms with Gasteiger partial charge in [-0.15, -0.1) is 0 Å². The van der Waals surface area contributed by atoms with Gasteiger partial charge in [-0.25, -0.2) is 5.43 Å². The first kappa shape index (κ1) is 15.0. The fourth-order valence-corrected chi connectivity index (χ4v) is 2.36. The van der Waals surface area contributed by atoms with Crippen LogP contribution in [-0.2, 0) is 10.4 Å². The zero-order chi connectivity index (χ0) is 16.3. The van der Waals surface area contributed by atoms with Crippen LogP contribution in [0.1, 0.15) is 18.1 Å². The van der Waals surface area contributed by atoms with E-state index in [1.54, 1.807) is 30.5 Å². The van der Waals surface area contributed by atoms with Crippen LogP contribution in [0.5, 0.6) is 0 Å². The van der Waals surface area contributed by atoms with Crippen molar-refractivity contribution in [2.45, 2.75) is 12.5 Å². The highest BCUT2D eigenvalue weighted by Crippen LogP contribution is 2.20. The molecule has 1 amide bonds. The van der Waals surface area contributed by atoms with Gasteiger partial charge in [0.15, 0.2) is 5.60 Å². The number of rotatable bonds is 4. The minimum atomic E-state index is -1.64. The molecule has 0 aliphatic carbocycles. The van der Waals surface area contributed by atoms with Crippen molar-refractivity contribution in [1.82, 2.24) is 10.4 Å². The molecule has 3 aromatic rings. The van der Waals surface area contributed by atoms with E-state index >= 15 is 0 Å². The average molecular weight is 307 g/mol. The maximum Gasteiger partial charge on any atom is 0.276 e. The Kier molecular flexibility index (Phi) is 3.95. The molecule has 1 aromatic heterocycles. The lowest BCUT2D eigenvalue weighted by atomic mass is 9.95. The van der Waals surface area contributed by atoms with E-state index in [2.05, 4.69) is 15.5 Å². The molecule has 0 bridgehead atoms. The maximum atomic E-state index is 12.2. The molecule has 5 heteroatoms. The van der Waals surface area contributed by atoms with E-state index in [9.17, 15) is 9.90 Å². The lowest BCUT2D eigenvalue weighted by Gasteiger charge is -2.21. The number of H-pyrrole nitrogens is 1. The van der Waals surface area contributed by atoms with Gasteiger partial charge in [-0.1, -0.05) is 48.5 Å². The van der Waals surface area contributed by atoms with Crippen molar-refractivity contribution in [1.29, 1.82) is 0 Å². The van der Waals surface area contributed by atoms with Crippen LogP contribution < -0.4 is 5.43 Å². The molecule has 0 fully saturated rings. The van der Waals surface area contributed by atoms with Gasteiger partial charge in [-0.2, -0.15) is 5.10 Å². The summed E-state index contributed by atoms with van der Waals surface area (Å²) in [5, 5.41) is 15.4. The molecule has 3 N–H and O–H groups in total. The Labute approximate surface area is 133 Å². The van der Waals surface area contributed by atoms with E-state index in [1.807, 2.05) is 36.5 Å². The fraction of sp³-hybridized carbons (Fsp3) is 0.111. The summed E-state index contributed by atoms with van der Waals surface area (Å²) in [7, 11) is 0. The third-order valence-corrected chi connectivity index (χ3v) is 3.77. The number of hydrazone groups is 1. The number of carbonyl (C=O) groups excluding carboxylic acids is 1. The van der Waals surface area contributed by atoms with E-state index in [0.29, 0.717) is 5.56 Å². The highest BCUT2D eigenvalue weighted by molar-refractivity contribution is 5.99. The smallest absolute Gasteiger partial charge is 0.276 e. The Hall–Kier alpha value is -2.92. The largest absolute Gasteiger partial charge is 0.375 e. The van der Waals surface area contributed by atoms with Crippen LogP contribution in [0.25, 0.3) is 10.9 Å². The van der Waals surface area contributed by atoms with Crippen molar-refractivity contribution in [2.75, 3.05) is 0 Å². The van der Waals surface area contributed by atoms with Crippen molar-refractivity contribution in [3.8, 4) is 0 Å². The number of fused-ring (bicyclic) bond motifs is 1. The monoisotopic (exact) mass is 307 g/mol. The Balaban J connectivity index is 1.74. The molecule has 0 saturated heterocycles. The summed E-state index contributed by atoms with van der Waals surface area (Å²) in [5.74, 6) is -0.584. The number of amides is 1. The molecule has 3 rings (SSSR count). The number of nitrogens with zero attached hydrogens (tertiary/aromatic N) is 1. The minimum Gasteiger partial charge on any atom is -0.375 e. The second kappa shape index (κ2) is 6.06. The summed E-state index contributed by atoms with van der Waals surface area (Å²) in [4.78, 5) is 15.3. The SMILES string of the molecule is CC(O)(C(=O)N/N=C/c1c[nH]c2ccccc12)c1ccccc1. The van der Waals surface area contributed by atoms with Gasteiger partial charge in [0, 0.05) is 22.7 Å². The van der Waals surface area contributed by atoms with Crippen LogP contribution >= 0.6 is 0 Å². The van der Waals surface area contributed by atoms with Gasteiger partial charge in [-0.3, -0.25) is 4.79 Å². The molecular formula is C18H17N3O2. The molecule has 0 saturated carbocycles. The first-order chi connectivity index (χ1) is 11.1. The predicted molar refractivity (Wildman–Crippen MR) is 90.0 cm³/mol. The molecule has 1 unspecified atom stereocenters. The van der Waals surface area contributed by atoms with Gasteiger partial charge in [-0.05, 0) is 18.6 Å². The number of carbonyl (C=O) groups is 1. The summed E-state index contributed by atoms with van der Waals surface area (Å²) in [6, 6.07) is 16.6. The zero-order valence-corrected chi connectivity index (χ0v) is 12.7. The predicted octanol–water partition coefficient (Wildman–Crippen LogP) is 2.53. The van der Waals surface area contributed by atoms with E-state index in [0.717, 1.165) is 16.5 Å². The molecule has 23 heavy (non-hydrogen) atoms. The lowest BCUT2D eigenvalue weighted by Crippen LogP contribution is -2.40. The molecular weight excluding hydrogens is 290 g/mol. The Morgan fingerprint density at radius 3 is 2.65 bits per heavy atom. The van der Waals surface area contributed by atoms with Crippen LogP contribution in [-0.4, -0.2) is 22.2 Å². The lowest BCUT2D eigenvalue weighted by molar-refractivity contribution is -0.138. The van der Waals surface area contributed by atoms with Gasteiger partial charge >= 0.3 is 0 Å². The van der Waals surface area contributed by atoms with Gasteiger partial charge in [0.25, 0.3) is 5.91 Å². The molecule has 116 valence electrons. The normalized spacial score (nSPS) is 14.0. The Morgan fingerprint density at radius 1 is 1.17 bits per heavy atom. The highest BCUT2D eigenvalue weighted by atomic mass is 16.3. The van der Waals surface area contributed by atoms with Gasteiger partial charge < -0.3 is 10.1 Å². The van der Waals surface area contributed by atoms with Crippen LogP contribution in [0.4, 0.5) is 0 Å². The first-order valence-electron chi connectivity index (χ1n) is 7.26. The van der Waals surface area contributed by atoms with Crippen molar-refractivity contribution in [3.05, 3.63) is 71.9 Å². The molecule has 5 nitrogen and oxygen atoms in total. The van der Waals surface area contributed by atoms with Gasteiger partial charge in [0.2, 0.25) is 0 Å². The summed E-state index contributed by atoms with van der Waals surface area (Å²) in [6.07, 6.45) is 3.37. The molecule has 0 spiro atoms.